The van der Waals surface area contributed by atoms with Crippen molar-refractivity contribution in [3.05, 3.63) is 29.8 Å². The molecule has 0 spiro atoms. The van der Waals surface area contributed by atoms with Gasteiger partial charge in [-0.2, -0.15) is 0 Å². The van der Waals surface area contributed by atoms with E-state index in [4.69, 9.17) is 14.5 Å². The Labute approximate surface area is 176 Å². The van der Waals surface area contributed by atoms with Gasteiger partial charge in [0, 0.05) is 38.5 Å². The van der Waals surface area contributed by atoms with E-state index in [1.807, 2.05) is 0 Å². The molecule has 1 heterocycles. The highest BCUT2D eigenvalue weighted by Gasteiger charge is 2.15. The zero-order valence-corrected chi connectivity index (χ0v) is 18.0. The molecule has 1 aliphatic heterocycles. The molecule has 1 aliphatic carbocycles. The van der Waals surface area contributed by atoms with Crippen molar-refractivity contribution >= 4 is 11.6 Å². The Morgan fingerprint density at radius 1 is 1.14 bits per heavy atom. The maximum atomic E-state index is 6.02. The Bertz CT molecular complexity index is 611. The molecule has 1 saturated carbocycles. The predicted octanol–water partition coefficient (Wildman–Crippen LogP) is 3.32. The van der Waals surface area contributed by atoms with Gasteiger partial charge in [0.15, 0.2) is 5.96 Å². The van der Waals surface area contributed by atoms with Crippen LogP contribution in [-0.2, 0) is 16.0 Å². The summed E-state index contributed by atoms with van der Waals surface area (Å²) < 4.78 is 11.5. The monoisotopic (exact) mass is 402 g/mol. The lowest BCUT2D eigenvalue weighted by Crippen LogP contribution is -2.38. The van der Waals surface area contributed by atoms with Crippen molar-refractivity contribution in [2.75, 3.05) is 50.9 Å². The van der Waals surface area contributed by atoms with Gasteiger partial charge in [0.05, 0.1) is 25.9 Å². The number of aliphatic imine (C=N–C) groups is 1. The Morgan fingerprint density at radius 2 is 1.93 bits per heavy atom. The van der Waals surface area contributed by atoms with Crippen LogP contribution in [0.15, 0.2) is 29.3 Å². The molecule has 0 unspecified atom stereocenters. The molecule has 6 heteroatoms. The van der Waals surface area contributed by atoms with Crippen LogP contribution in [-0.4, -0.2) is 58.1 Å². The molecule has 0 atom stereocenters. The van der Waals surface area contributed by atoms with Crippen LogP contribution >= 0.6 is 0 Å². The van der Waals surface area contributed by atoms with Crippen LogP contribution in [0.1, 0.15) is 51.0 Å². The fourth-order valence-electron chi connectivity index (χ4n) is 4.02. The van der Waals surface area contributed by atoms with Gasteiger partial charge in [-0.05, 0) is 37.8 Å². The van der Waals surface area contributed by atoms with Crippen molar-refractivity contribution < 1.29 is 9.47 Å². The van der Waals surface area contributed by atoms with Gasteiger partial charge in [0.25, 0.3) is 0 Å². The van der Waals surface area contributed by atoms with E-state index in [0.717, 1.165) is 58.4 Å². The summed E-state index contributed by atoms with van der Waals surface area (Å²) in [5, 5.41) is 6.81. The number of rotatable bonds is 9. The lowest BCUT2D eigenvalue weighted by atomic mass is 9.98. The third-order valence-electron chi connectivity index (χ3n) is 5.61. The van der Waals surface area contributed by atoms with Crippen LogP contribution in [0.2, 0.25) is 0 Å². The number of guanidine groups is 1. The Morgan fingerprint density at radius 3 is 2.72 bits per heavy atom. The Kier molecular flexibility index (Phi) is 9.60. The number of ether oxygens (including phenoxy) is 2. The van der Waals surface area contributed by atoms with Crippen LogP contribution in [0.5, 0.6) is 0 Å². The zero-order chi connectivity index (χ0) is 20.2. The van der Waals surface area contributed by atoms with Crippen molar-refractivity contribution in [3.63, 3.8) is 0 Å². The molecule has 29 heavy (non-hydrogen) atoms. The molecule has 2 N–H and O–H groups in total. The second-order valence-electron chi connectivity index (χ2n) is 7.83. The van der Waals surface area contributed by atoms with Gasteiger partial charge < -0.3 is 25.0 Å². The summed E-state index contributed by atoms with van der Waals surface area (Å²) in [5.74, 6) is 0.877. The van der Waals surface area contributed by atoms with E-state index in [0.29, 0.717) is 12.6 Å². The molecule has 0 aromatic heterocycles. The number of anilines is 1. The molecule has 6 nitrogen and oxygen atoms in total. The van der Waals surface area contributed by atoms with Crippen LogP contribution in [0.3, 0.4) is 0 Å². The minimum Gasteiger partial charge on any atom is -0.378 e. The first kappa shape index (κ1) is 21.9. The highest BCUT2D eigenvalue weighted by molar-refractivity contribution is 5.79. The third-order valence-corrected chi connectivity index (χ3v) is 5.61. The summed E-state index contributed by atoms with van der Waals surface area (Å²) in [6.45, 7) is 8.82. The highest BCUT2D eigenvalue weighted by atomic mass is 16.5. The molecule has 1 aromatic rings. The van der Waals surface area contributed by atoms with Crippen LogP contribution < -0.4 is 15.5 Å². The van der Waals surface area contributed by atoms with E-state index < -0.39 is 0 Å². The predicted molar refractivity (Wildman–Crippen MR) is 120 cm³/mol. The summed E-state index contributed by atoms with van der Waals surface area (Å²) in [6.07, 6.45) is 7.99. The van der Waals surface area contributed by atoms with Gasteiger partial charge in [-0.3, -0.25) is 0 Å². The first-order valence-corrected chi connectivity index (χ1v) is 11.4. The first-order chi connectivity index (χ1) is 14.4. The number of hydrogen-bond donors (Lipinski definition) is 2. The van der Waals surface area contributed by atoms with Crippen molar-refractivity contribution in [1.82, 2.24) is 10.6 Å². The first-order valence-electron chi connectivity index (χ1n) is 11.4. The minimum atomic E-state index is 0.488. The molecular weight excluding hydrogens is 364 g/mol. The highest BCUT2D eigenvalue weighted by Crippen LogP contribution is 2.22. The fraction of sp³-hybridized carbons (Fsp3) is 0.696. The number of benzene rings is 1. The van der Waals surface area contributed by atoms with Gasteiger partial charge in [-0.1, -0.05) is 37.5 Å². The lowest BCUT2D eigenvalue weighted by Gasteiger charge is -2.30. The average molecular weight is 403 g/mol. The van der Waals surface area contributed by atoms with E-state index in [1.54, 1.807) is 0 Å². The van der Waals surface area contributed by atoms with Gasteiger partial charge in [0.2, 0.25) is 0 Å². The van der Waals surface area contributed by atoms with E-state index in [2.05, 4.69) is 46.7 Å². The van der Waals surface area contributed by atoms with Crippen LogP contribution in [0.4, 0.5) is 5.69 Å². The molecule has 0 bridgehead atoms. The standard InChI is InChI=1S/C23H38N4O2/c1-2-24-23(25-13-8-16-29-21-10-4-3-5-11-21)26-19-20-9-6-7-12-22(20)27-14-17-28-18-15-27/h6-7,9,12,21H,2-5,8,10-11,13-19H2,1H3,(H2,24,25,26). The summed E-state index contributed by atoms with van der Waals surface area (Å²) in [4.78, 5) is 7.22. The molecule has 3 rings (SSSR count). The molecule has 2 fully saturated rings. The second kappa shape index (κ2) is 12.7. The molecule has 0 amide bonds. The Balaban J connectivity index is 1.46. The number of nitrogens with one attached hydrogen (secondary N) is 2. The molecule has 1 aromatic carbocycles. The summed E-state index contributed by atoms with van der Waals surface area (Å²) >= 11 is 0. The minimum absolute atomic E-state index is 0.488. The summed E-state index contributed by atoms with van der Waals surface area (Å²) in [6, 6.07) is 8.57. The van der Waals surface area contributed by atoms with Crippen molar-refractivity contribution in [2.24, 2.45) is 4.99 Å². The van der Waals surface area contributed by atoms with Crippen molar-refractivity contribution in [1.29, 1.82) is 0 Å². The SMILES string of the molecule is CCNC(=NCc1ccccc1N1CCOCC1)NCCCOC1CCCCC1. The molecule has 1 saturated heterocycles. The van der Waals surface area contributed by atoms with Crippen molar-refractivity contribution in [2.45, 2.75) is 58.1 Å². The fourth-order valence-corrected chi connectivity index (χ4v) is 4.02. The normalized spacial score (nSPS) is 18.7. The Hall–Kier alpha value is -1.79. The van der Waals surface area contributed by atoms with Crippen molar-refractivity contribution in [3.8, 4) is 0 Å². The zero-order valence-electron chi connectivity index (χ0n) is 18.0. The third kappa shape index (κ3) is 7.52. The quantitative estimate of drug-likeness (QED) is 0.377. The van der Waals surface area contributed by atoms with E-state index >= 15 is 0 Å². The van der Waals surface area contributed by atoms with Crippen LogP contribution in [0.25, 0.3) is 0 Å². The van der Waals surface area contributed by atoms with E-state index in [9.17, 15) is 0 Å². The van der Waals surface area contributed by atoms with E-state index in [-0.39, 0.29) is 0 Å². The average Bonchev–Trinajstić information content (AvgIpc) is 2.78. The molecule has 2 aliphatic rings. The summed E-state index contributed by atoms with van der Waals surface area (Å²) in [5.41, 5.74) is 2.53. The maximum absolute atomic E-state index is 6.02. The summed E-state index contributed by atoms with van der Waals surface area (Å²) in [7, 11) is 0. The topological polar surface area (TPSA) is 58.1 Å². The maximum Gasteiger partial charge on any atom is 0.191 e. The molecule has 0 radical (unpaired) electrons. The van der Waals surface area contributed by atoms with Gasteiger partial charge >= 0.3 is 0 Å². The van der Waals surface area contributed by atoms with E-state index in [1.165, 1.54) is 43.4 Å². The number of morpholine rings is 1. The van der Waals surface area contributed by atoms with Gasteiger partial charge in [-0.25, -0.2) is 4.99 Å². The largest absolute Gasteiger partial charge is 0.378 e. The lowest BCUT2D eigenvalue weighted by molar-refractivity contribution is 0.0277. The second-order valence-corrected chi connectivity index (χ2v) is 7.83. The molecular formula is C23H38N4O2. The van der Waals surface area contributed by atoms with Crippen LogP contribution in [0, 0.1) is 0 Å². The smallest absolute Gasteiger partial charge is 0.191 e. The number of hydrogen-bond acceptors (Lipinski definition) is 4. The number of nitrogens with zero attached hydrogens (tertiary/aromatic N) is 2. The molecule has 162 valence electrons. The van der Waals surface area contributed by atoms with Gasteiger partial charge in [0.1, 0.15) is 0 Å². The van der Waals surface area contributed by atoms with Gasteiger partial charge in [-0.15, -0.1) is 0 Å². The number of para-hydroxylation sites is 1.